The topological polar surface area (TPSA) is 95.9 Å². The molecule has 0 aliphatic carbocycles. The lowest BCUT2D eigenvalue weighted by atomic mass is 10.2. The molecule has 7 nitrogen and oxygen atoms in total. The van der Waals surface area contributed by atoms with Crippen molar-refractivity contribution in [2.45, 2.75) is 13.0 Å². The summed E-state index contributed by atoms with van der Waals surface area (Å²) in [4.78, 5) is 36.4. The first kappa shape index (κ1) is 20.6. The largest absolute Gasteiger partial charge is 0.479 e. The predicted molar refractivity (Wildman–Crippen MR) is 113 cm³/mol. The van der Waals surface area contributed by atoms with Gasteiger partial charge in [0.2, 0.25) is 0 Å². The average molecular weight is 428 g/mol. The van der Waals surface area contributed by atoms with Gasteiger partial charge in [0, 0.05) is 11.1 Å². The molecule has 2 aromatic carbocycles. The SMILES string of the molecule is CC(Oc1ccccc1/C=C1/SC(=S)N(NC(=O)c2ccccc2)C1=O)C(=O)O. The highest BCUT2D eigenvalue weighted by Crippen LogP contribution is 2.33. The van der Waals surface area contributed by atoms with E-state index < -0.39 is 23.9 Å². The Morgan fingerprint density at radius 3 is 2.52 bits per heavy atom. The second-order valence-electron chi connectivity index (χ2n) is 5.96. The van der Waals surface area contributed by atoms with Gasteiger partial charge >= 0.3 is 5.97 Å². The van der Waals surface area contributed by atoms with Crippen LogP contribution in [0.25, 0.3) is 6.08 Å². The van der Waals surface area contributed by atoms with Gasteiger partial charge in [-0.3, -0.25) is 15.0 Å². The quantitative estimate of drug-likeness (QED) is 0.539. The van der Waals surface area contributed by atoms with Gasteiger partial charge in [-0.1, -0.05) is 48.2 Å². The number of aliphatic carboxylic acids is 1. The Kier molecular flexibility index (Phi) is 6.30. The van der Waals surface area contributed by atoms with Gasteiger partial charge in [0.1, 0.15) is 5.75 Å². The van der Waals surface area contributed by atoms with Crippen molar-refractivity contribution in [3.63, 3.8) is 0 Å². The van der Waals surface area contributed by atoms with Gasteiger partial charge < -0.3 is 9.84 Å². The number of benzene rings is 2. The summed E-state index contributed by atoms with van der Waals surface area (Å²) in [5.41, 5.74) is 3.42. The molecule has 1 aliphatic rings. The molecule has 0 aromatic heterocycles. The second kappa shape index (κ2) is 8.89. The number of carbonyl (C=O) groups is 3. The smallest absolute Gasteiger partial charge is 0.344 e. The first-order valence-electron chi connectivity index (χ1n) is 8.49. The summed E-state index contributed by atoms with van der Waals surface area (Å²) in [7, 11) is 0. The molecular formula is C20H16N2O5S2. The van der Waals surface area contributed by atoms with Crippen molar-refractivity contribution in [3.05, 3.63) is 70.6 Å². The summed E-state index contributed by atoms with van der Waals surface area (Å²) in [6.45, 7) is 1.41. The Balaban J connectivity index is 1.80. The molecule has 1 saturated heterocycles. The predicted octanol–water partition coefficient (Wildman–Crippen LogP) is 3.08. The van der Waals surface area contributed by atoms with Crippen molar-refractivity contribution < 1.29 is 24.2 Å². The maximum atomic E-state index is 12.7. The molecule has 2 N–H and O–H groups in total. The number of nitrogens with one attached hydrogen (secondary N) is 1. The van der Waals surface area contributed by atoms with Crippen LogP contribution >= 0.6 is 24.0 Å². The summed E-state index contributed by atoms with van der Waals surface area (Å²) in [5, 5.41) is 10.1. The Morgan fingerprint density at radius 2 is 1.83 bits per heavy atom. The summed E-state index contributed by atoms with van der Waals surface area (Å²) in [6.07, 6.45) is 0.502. The zero-order valence-electron chi connectivity index (χ0n) is 15.2. The summed E-state index contributed by atoms with van der Waals surface area (Å²) < 4.78 is 5.63. The van der Waals surface area contributed by atoms with Gasteiger partial charge in [0.05, 0.1) is 4.91 Å². The van der Waals surface area contributed by atoms with E-state index in [2.05, 4.69) is 5.43 Å². The van der Waals surface area contributed by atoms with Crippen molar-refractivity contribution in [2.75, 3.05) is 0 Å². The number of hydrogen-bond donors (Lipinski definition) is 2. The highest BCUT2D eigenvalue weighted by Gasteiger charge is 2.34. The molecule has 148 valence electrons. The van der Waals surface area contributed by atoms with E-state index in [4.69, 9.17) is 22.1 Å². The van der Waals surface area contributed by atoms with Crippen LogP contribution in [0.4, 0.5) is 0 Å². The molecule has 3 rings (SSSR count). The minimum Gasteiger partial charge on any atom is -0.479 e. The minimum atomic E-state index is -1.10. The van der Waals surface area contributed by atoms with Gasteiger partial charge in [0.25, 0.3) is 11.8 Å². The van der Waals surface area contributed by atoms with E-state index in [0.29, 0.717) is 16.9 Å². The fraction of sp³-hybridized carbons (Fsp3) is 0.100. The maximum Gasteiger partial charge on any atom is 0.344 e. The number of thiocarbonyl (C=S) groups is 1. The van der Waals surface area contributed by atoms with Crippen LogP contribution in [0.1, 0.15) is 22.8 Å². The van der Waals surface area contributed by atoms with Crippen LogP contribution < -0.4 is 10.2 Å². The maximum absolute atomic E-state index is 12.7. The summed E-state index contributed by atoms with van der Waals surface area (Å²) in [6, 6.07) is 15.2. The van der Waals surface area contributed by atoms with Gasteiger partial charge in [0.15, 0.2) is 10.4 Å². The van der Waals surface area contributed by atoms with Crippen molar-refractivity contribution in [2.24, 2.45) is 0 Å². The molecule has 0 bridgehead atoms. The zero-order chi connectivity index (χ0) is 21.0. The van der Waals surface area contributed by atoms with Crippen LogP contribution in [-0.2, 0) is 9.59 Å². The number of hydrogen-bond acceptors (Lipinski definition) is 6. The van der Waals surface area contributed by atoms with E-state index >= 15 is 0 Å². The Bertz CT molecular complexity index is 1010. The minimum absolute atomic E-state index is 0.183. The van der Waals surface area contributed by atoms with E-state index in [1.54, 1.807) is 60.7 Å². The van der Waals surface area contributed by atoms with Gasteiger partial charge in [-0.15, -0.1) is 0 Å². The number of rotatable bonds is 6. The number of para-hydroxylation sites is 1. The number of ether oxygens (including phenoxy) is 1. The number of carboxylic acid groups (broad SMARTS) is 1. The van der Waals surface area contributed by atoms with Gasteiger partial charge in [-0.2, -0.15) is 5.01 Å². The van der Waals surface area contributed by atoms with E-state index in [0.717, 1.165) is 16.8 Å². The molecular weight excluding hydrogens is 412 g/mol. The second-order valence-corrected chi connectivity index (χ2v) is 7.64. The molecule has 0 saturated carbocycles. The normalized spacial score (nSPS) is 16.0. The third-order valence-corrected chi connectivity index (χ3v) is 5.20. The van der Waals surface area contributed by atoms with Crippen molar-refractivity contribution in [1.82, 2.24) is 10.4 Å². The van der Waals surface area contributed by atoms with E-state index in [1.165, 1.54) is 6.92 Å². The average Bonchev–Trinajstić information content (AvgIpc) is 2.97. The van der Waals surface area contributed by atoms with Crippen molar-refractivity contribution in [1.29, 1.82) is 0 Å². The molecule has 1 atom stereocenters. The molecule has 9 heteroatoms. The number of nitrogens with zero attached hydrogens (tertiary/aromatic N) is 1. The highest BCUT2D eigenvalue weighted by molar-refractivity contribution is 8.26. The molecule has 1 unspecified atom stereocenters. The van der Waals surface area contributed by atoms with E-state index in [9.17, 15) is 14.4 Å². The first-order chi connectivity index (χ1) is 13.9. The summed E-state index contributed by atoms with van der Waals surface area (Å²) >= 11 is 6.25. The molecule has 1 heterocycles. The zero-order valence-corrected chi connectivity index (χ0v) is 16.8. The van der Waals surface area contributed by atoms with Gasteiger partial charge in [-0.05, 0) is 43.4 Å². The fourth-order valence-electron chi connectivity index (χ4n) is 2.41. The van der Waals surface area contributed by atoms with Crippen LogP contribution in [0.3, 0.4) is 0 Å². The lowest BCUT2D eigenvalue weighted by Gasteiger charge is -2.15. The number of thioether (sulfide) groups is 1. The molecule has 0 radical (unpaired) electrons. The highest BCUT2D eigenvalue weighted by atomic mass is 32.2. The Hall–Kier alpha value is -3.17. The standard InChI is InChI=1S/C20H16N2O5S2/c1-12(19(25)26)27-15-10-6-5-9-14(15)11-16-18(24)22(20(28)29-16)21-17(23)13-7-3-2-4-8-13/h2-12H,1H3,(H,21,23)(H,25,26)/b16-11+. The number of carbonyl (C=O) groups excluding carboxylic acids is 2. The summed E-state index contributed by atoms with van der Waals surface area (Å²) in [5.74, 6) is -1.72. The third-order valence-electron chi connectivity index (χ3n) is 3.90. The number of amides is 2. The molecule has 0 spiro atoms. The van der Waals surface area contributed by atoms with E-state index in [1.807, 2.05) is 0 Å². The molecule has 1 aliphatic heterocycles. The van der Waals surface area contributed by atoms with Crippen LogP contribution in [0.15, 0.2) is 59.5 Å². The monoisotopic (exact) mass is 428 g/mol. The first-order valence-corrected chi connectivity index (χ1v) is 9.72. The third kappa shape index (κ3) is 4.82. The molecule has 2 aromatic rings. The lowest BCUT2D eigenvalue weighted by molar-refractivity contribution is -0.144. The van der Waals surface area contributed by atoms with Crippen molar-refractivity contribution >= 4 is 52.2 Å². The Morgan fingerprint density at radius 1 is 1.17 bits per heavy atom. The molecule has 2 amide bonds. The number of hydrazine groups is 1. The van der Waals surface area contributed by atoms with E-state index in [-0.39, 0.29) is 9.23 Å². The van der Waals surface area contributed by atoms with Crippen molar-refractivity contribution in [3.8, 4) is 5.75 Å². The lowest BCUT2D eigenvalue weighted by Crippen LogP contribution is -2.44. The molecule has 1 fully saturated rings. The van der Waals surface area contributed by atoms with Gasteiger partial charge in [-0.25, -0.2) is 4.79 Å². The van der Waals surface area contributed by atoms with Crippen LogP contribution in [0, 0.1) is 0 Å². The molecule has 29 heavy (non-hydrogen) atoms. The van der Waals surface area contributed by atoms with Crippen LogP contribution in [0.2, 0.25) is 0 Å². The number of carboxylic acids is 1. The fourth-order valence-corrected chi connectivity index (χ4v) is 3.58. The Labute approximate surface area is 176 Å². The van der Waals surface area contributed by atoms with Crippen LogP contribution in [-0.4, -0.2) is 38.3 Å². The van der Waals surface area contributed by atoms with Crippen LogP contribution in [0.5, 0.6) is 5.75 Å².